The molecule has 0 saturated carbocycles. The van der Waals surface area contributed by atoms with Crippen molar-refractivity contribution in [1.82, 2.24) is 0 Å². The van der Waals surface area contributed by atoms with E-state index < -0.39 is 74.9 Å². The lowest BCUT2D eigenvalue weighted by molar-refractivity contribution is -0.441. The number of benzene rings is 1. The highest BCUT2D eigenvalue weighted by Gasteiger charge is 2.47. The van der Waals surface area contributed by atoms with Crippen LogP contribution in [0.2, 0.25) is 0 Å². The lowest BCUT2D eigenvalue weighted by Crippen LogP contribution is -2.60. The molecule has 1 aromatic rings. The predicted molar refractivity (Wildman–Crippen MR) is 80.8 cm³/mol. The molecule has 148 valence electrons. The zero-order valence-corrected chi connectivity index (χ0v) is 13.1. The second-order valence-electron chi connectivity index (χ2n) is 5.37. The van der Waals surface area contributed by atoms with E-state index in [-0.39, 0.29) is 0 Å². The van der Waals surface area contributed by atoms with Crippen LogP contribution in [0.25, 0.3) is 0 Å². The Hall–Kier alpha value is -2.98. The Morgan fingerprint density at radius 1 is 0.926 bits per heavy atom. The molecule has 0 aromatic heterocycles. The number of hydrogen-bond acceptors (Lipinski definition) is 12. The van der Waals surface area contributed by atoms with Gasteiger partial charge >= 0.3 is 17.1 Å². The largest absolute Gasteiger partial charge is 0.454 e. The highest BCUT2D eigenvalue weighted by Crippen LogP contribution is 2.43. The summed E-state index contributed by atoms with van der Waals surface area (Å²) in [6.07, 6.45) is -8.82. The molecule has 27 heavy (non-hydrogen) atoms. The fourth-order valence-electron chi connectivity index (χ4n) is 2.44. The van der Waals surface area contributed by atoms with Gasteiger partial charge in [-0.1, -0.05) is 0 Å². The zero-order chi connectivity index (χ0) is 20.5. The number of aliphatic hydroxyl groups excluding tert-OH is 4. The minimum absolute atomic E-state index is 0.588. The number of nitro benzene ring substituents is 3. The molecule has 15 nitrogen and oxygen atoms in total. The Balaban J connectivity index is 2.50. The van der Waals surface area contributed by atoms with Crippen LogP contribution >= 0.6 is 0 Å². The summed E-state index contributed by atoms with van der Waals surface area (Å²) < 4.78 is 10.0. The summed E-state index contributed by atoms with van der Waals surface area (Å²) in [6.45, 7) is -0.812. The number of nitrogens with zero attached hydrogens (tertiary/aromatic N) is 3. The van der Waals surface area contributed by atoms with Crippen molar-refractivity contribution >= 4 is 17.1 Å². The molecule has 1 aliphatic heterocycles. The van der Waals surface area contributed by atoms with E-state index in [0.717, 1.165) is 0 Å². The number of ether oxygens (including phenoxy) is 2. The maximum absolute atomic E-state index is 11.2. The zero-order valence-electron chi connectivity index (χ0n) is 13.1. The van der Waals surface area contributed by atoms with Gasteiger partial charge in [0.2, 0.25) is 12.0 Å². The summed E-state index contributed by atoms with van der Waals surface area (Å²) in [5.41, 5.74) is -3.98. The third kappa shape index (κ3) is 3.76. The topological polar surface area (TPSA) is 229 Å². The van der Waals surface area contributed by atoms with Crippen LogP contribution in [0.15, 0.2) is 12.1 Å². The highest BCUT2D eigenvalue weighted by molar-refractivity contribution is 5.71. The van der Waals surface area contributed by atoms with Crippen molar-refractivity contribution in [3.63, 3.8) is 0 Å². The maximum Gasteiger partial charge on any atom is 0.426 e. The van der Waals surface area contributed by atoms with Gasteiger partial charge in [-0.3, -0.25) is 30.3 Å². The Kier molecular flexibility index (Phi) is 5.82. The van der Waals surface area contributed by atoms with Crippen LogP contribution in [-0.2, 0) is 4.74 Å². The van der Waals surface area contributed by atoms with E-state index in [2.05, 4.69) is 0 Å². The monoisotopic (exact) mass is 391 g/mol. The van der Waals surface area contributed by atoms with Gasteiger partial charge in [0.15, 0.2) is 0 Å². The predicted octanol–water partition coefficient (Wildman–Crippen LogP) is -1.41. The molecule has 0 aliphatic carbocycles. The Morgan fingerprint density at radius 3 is 2.00 bits per heavy atom. The third-order valence-corrected chi connectivity index (χ3v) is 3.75. The normalized spacial score (nSPS) is 27.8. The van der Waals surface area contributed by atoms with Crippen LogP contribution in [0.1, 0.15) is 0 Å². The van der Waals surface area contributed by atoms with Crippen molar-refractivity contribution in [3.05, 3.63) is 42.5 Å². The number of nitro groups is 3. The number of aliphatic hydroxyl groups is 4. The van der Waals surface area contributed by atoms with E-state index in [1.54, 1.807) is 0 Å². The standard InChI is InChI=1S/C12H13N3O12/c16-3-6-9(17)10(18)11(19)12(27-6)26-5-2-1-4(13(20)21)7(14(22)23)8(5)15(24)25/h1-2,6,9-12,16-19H,3H2/t6-,9+,10+,11-,12+/m1/s1. The van der Waals surface area contributed by atoms with E-state index in [9.17, 15) is 45.7 Å². The van der Waals surface area contributed by atoms with E-state index >= 15 is 0 Å². The first-order valence-electron chi connectivity index (χ1n) is 7.17. The molecule has 5 atom stereocenters. The average Bonchev–Trinajstić information content (AvgIpc) is 2.60. The molecule has 0 unspecified atom stereocenters. The second-order valence-corrected chi connectivity index (χ2v) is 5.37. The molecule has 0 spiro atoms. The van der Waals surface area contributed by atoms with Crippen molar-refractivity contribution in [1.29, 1.82) is 0 Å². The van der Waals surface area contributed by atoms with Crippen LogP contribution in [0, 0.1) is 30.3 Å². The molecule has 2 rings (SSSR count). The van der Waals surface area contributed by atoms with Gasteiger partial charge in [-0.05, 0) is 6.07 Å². The lowest BCUT2D eigenvalue weighted by atomic mass is 9.99. The summed E-state index contributed by atoms with van der Waals surface area (Å²) in [6, 6.07) is 1.27. The SMILES string of the molecule is O=[N+]([O-])c1ccc(O[C@H]2O[C@H](CO)[C@H](O)[C@H](O)[C@H]2O)c([N+](=O)[O-])c1[N+](=O)[O-]. The average molecular weight is 391 g/mol. The van der Waals surface area contributed by atoms with Crippen molar-refractivity contribution in [2.24, 2.45) is 0 Å². The minimum atomic E-state index is -1.95. The van der Waals surface area contributed by atoms with Gasteiger partial charge in [0, 0.05) is 6.07 Å². The molecule has 1 fully saturated rings. The first-order chi connectivity index (χ1) is 12.6. The fourth-order valence-corrected chi connectivity index (χ4v) is 2.44. The van der Waals surface area contributed by atoms with Crippen molar-refractivity contribution < 1.29 is 44.7 Å². The molecule has 1 heterocycles. The van der Waals surface area contributed by atoms with Gasteiger partial charge in [-0.25, -0.2) is 0 Å². The van der Waals surface area contributed by atoms with Gasteiger partial charge in [0.05, 0.1) is 21.4 Å². The molecular formula is C12H13N3O12. The van der Waals surface area contributed by atoms with Crippen LogP contribution in [0.3, 0.4) is 0 Å². The highest BCUT2D eigenvalue weighted by atomic mass is 16.7. The number of hydrogen-bond donors (Lipinski definition) is 4. The van der Waals surface area contributed by atoms with Crippen LogP contribution in [0.5, 0.6) is 5.75 Å². The molecule has 4 N–H and O–H groups in total. The van der Waals surface area contributed by atoms with Gasteiger partial charge in [0.1, 0.15) is 24.4 Å². The van der Waals surface area contributed by atoms with Gasteiger partial charge in [0.25, 0.3) is 0 Å². The van der Waals surface area contributed by atoms with Crippen molar-refractivity contribution in [3.8, 4) is 5.75 Å². The maximum atomic E-state index is 11.2. The van der Waals surface area contributed by atoms with E-state index in [1.165, 1.54) is 0 Å². The first-order valence-corrected chi connectivity index (χ1v) is 7.17. The summed E-state index contributed by atoms with van der Waals surface area (Å²) in [7, 11) is 0. The molecular weight excluding hydrogens is 378 g/mol. The second kappa shape index (κ2) is 7.72. The molecule has 1 aromatic carbocycles. The lowest BCUT2D eigenvalue weighted by Gasteiger charge is -2.39. The molecule has 0 radical (unpaired) electrons. The number of rotatable bonds is 6. The van der Waals surface area contributed by atoms with E-state index in [1.807, 2.05) is 0 Å². The molecule has 0 bridgehead atoms. The summed E-state index contributed by atoms with van der Waals surface area (Å²) in [4.78, 5) is 29.4. The van der Waals surface area contributed by atoms with Crippen LogP contribution in [0.4, 0.5) is 17.1 Å². The van der Waals surface area contributed by atoms with Crippen LogP contribution < -0.4 is 4.74 Å². The Labute approximate surface area is 148 Å². The first kappa shape index (κ1) is 20.3. The molecule has 1 saturated heterocycles. The summed E-state index contributed by atoms with van der Waals surface area (Å²) in [5, 5.41) is 71.6. The van der Waals surface area contributed by atoms with Crippen molar-refractivity contribution in [2.75, 3.05) is 6.61 Å². The molecule has 15 heteroatoms. The fraction of sp³-hybridized carbons (Fsp3) is 0.500. The van der Waals surface area contributed by atoms with E-state index in [4.69, 9.17) is 14.6 Å². The quantitative estimate of drug-likeness (QED) is 0.324. The Bertz CT molecular complexity index is 768. The molecule has 1 aliphatic rings. The van der Waals surface area contributed by atoms with E-state index in [0.29, 0.717) is 12.1 Å². The Morgan fingerprint density at radius 2 is 1.52 bits per heavy atom. The molecule has 0 amide bonds. The van der Waals surface area contributed by atoms with Gasteiger partial charge in [-0.15, -0.1) is 0 Å². The minimum Gasteiger partial charge on any atom is -0.454 e. The van der Waals surface area contributed by atoms with Crippen molar-refractivity contribution in [2.45, 2.75) is 30.7 Å². The van der Waals surface area contributed by atoms with Gasteiger partial charge in [-0.2, -0.15) is 0 Å². The van der Waals surface area contributed by atoms with Crippen LogP contribution in [-0.4, -0.2) is 72.5 Å². The third-order valence-electron chi connectivity index (χ3n) is 3.75. The van der Waals surface area contributed by atoms with Gasteiger partial charge < -0.3 is 29.9 Å². The summed E-state index contributed by atoms with van der Waals surface area (Å²) >= 11 is 0. The summed E-state index contributed by atoms with van der Waals surface area (Å²) in [5.74, 6) is -0.860. The smallest absolute Gasteiger partial charge is 0.426 e.